The van der Waals surface area contributed by atoms with Gasteiger partial charge >= 0.3 is 29.6 Å². The number of nitrogens with two attached hydrogens (primary N) is 3. The standard InChI is InChI=1S/C50H86N14O19/c1-24(2)30(44(72)73)61-49(76)62-31(26-16-20-57-48(54)58-26)42(71)60-32(37(25(3)4)81-29(66)15-12-10-8-6-7-9-11-13-21-64(78)47(52)53)41(70)56-19-14-18-55-33(45(74)75)38(83-46-40(79-5)34(67)27(23-51)80-46)39-35(68)36(69)43(82-39)63-22-17-28(65)59-50(63)77/h17,22,24-27,30-40,43,46,55,67-69,78H,6-16,18-21,23,51H2,1-5H3,(H3,52,53)(H,56,70)(H,60,71)(H,72,73)(H,74,75)(H3,54,57,58)(H,59,65,77)(H2,61,62,76)/t26?,27-,30?,31?,32?,33?,34-,35?,36?,37?,38?,39?,40-,43-,46+/m1/s1. The Kier molecular flexibility index (Phi) is 28.0. The van der Waals surface area contributed by atoms with Gasteiger partial charge in [-0.3, -0.25) is 49.1 Å². The van der Waals surface area contributed by atoms with Crippen LogP contribution in [0.2, 0.25) is 0 Å². The zero-order chi connectivity index (χ0) is 61.7. The van der Waals surface area contributed by atoms with Gasteiger partial charge in [-0.1, -0.05) is 66.2 Å². The minimum atomic E-state index is -1.95. The van der Waals surface area contributed by atoms with Gasteiger partial charge in [-0.05, 0) is 44.1 Å². The van der Waals surface area contributed by atoms with Crippen molar-refractivity contribution in [1.82, 2.24) is 46.5 Å². The molecule has 33 heteroatoms. The summed E-state index contributed by atoms with van der Waals surface area (Å²) in [5, 5.41) is 87.1. The van der Waals surface area contributed by atoms with E-state index in [1.165, 1.54) is 7.11 Å². The number of aliphatic carboxylic acids is 2. The number of ether oxygens (including phenoxy) is 5. The highest BCUT2D eigenvalue weighted by molar-refractivity contribution is 5.94. The Morgan fingerprint density at radius 1 is 0.855 bits per heavy atom. The topological polar surface area (TPSA) is 514 Å². The summed E-state index contributed by atoms with van der Waals surface area (Å²) < 4.78 is 30.0. The molecule has 470 valence electrons. The number of aromatic amines is 1. The van der Waals surface area contributed by atoms with Crippen LogP contribution in [0.15, 0.2) is 26.8 Å². The van der Waals surface area contributed by atoms with Gasteiger partial charge in [-0.25, -0.2) is 19.4 Å². The molecule has 0 radical (unpaired) electrons. The fourth-order valence-electron chi connectivity index (χ4n) is 9.70. The highest BCUT2D eigenvalue weighted by Gasteiger charge is 2.54. The number of aliphatic imine (C=N–C) groups is 1. The number of unbranched alkanes of at least 4 members (excludes halogenated alkanes) is 7. The third kappa shape index (κ3) is 20.3. The van der Waals surface area contributed by atoms with Crippen LogP contribution in [0.5, 0.6) is 0 Å². The van der Waals surface area contributed by atoms with Crippen molar-refractivity contribution in [2.24, 2.45) is 34.0 Å². The SMILES string of the molecule is CO[C@H]1[C@H](OC(C(NCCCNC(=O)C(NC(=O)C(NC(=O)NC(C(=O)O)C(C)C)C2CCN=C(N)N2)C(OC(=O)CCCCCCCCCCN(O)C(=N)N)C(C)C)C(=O)O)C2O[C@@H](n3ccc(=O)[nH]c3=O)C(O)C2O)O[C@H](CN)[C@H]1O. The number of carbonyl (C=O) groups excluding carboxylic acids is 4. The van der Waals surface area contributed by atoms with Gasteiger partial charge in [0, 0.05) is 52.0 Å². The van der Waals surface area contributed by atoms with Crippen molar-refractivity contribution in [3.63, 3.8) is 0 Å². The number of hydrogen-bond donors (Lipinski definition) is 17. The molecule has 2 saturated heterocycles. The maximum Gasteiger partial charge on any atom is 0.330 e. The molecule has 1 aromatic heterocycles. The van der Waals surface area contributed by atoms with Crippen LogP contribution in [0.1, 0.15) is 105 Å². The van der Waals surface area contributed by atoms with Crippen molar-refractivity contribution in [3.8, 4) is 0 Å². The maximum atomic E-state index is 14.5. The number of carbonyl (C=O) groups is 6. The van der Waals surface area contributed by atoms with Gasteiger partial charge in [0.15, 0.2) is 18.5 Å². The molecule has 33 nitrogen and oxygen atoms in total. The number of H-pyrrole nitrogens is 1. The van der Waals surface area contributed by atoms with Crippen molar-refractivity contribution >= 4 is 47.7 Å². The smallest absolute Gasteiger partial charge is 0.330 e. The second kappa shape index (κ2) is 33.7. The van der Waals surface area contributed by atoms with Gasteiger partial charge in [0.1, 0.15) is 73.0 Å². The van der Waals surface area contributed by atoms with Gasteiger partial charge in [0.05, 0.1) is 6.04 Å². The van der Waals surface area contributed by atoms with Crippen LogP contribution in [-0.4, -0.2) is 218 Å². The lowest BCUT2D eigenvalue weighted by Crippen LogP contribution is -2.66. The summed E-state index contributed by atoms with van der Waals surface area (Å²) >= 11 is 0. The Bertz CT molecular complexity index is 2450. The molecule has 4 rings (SSSR count). The Morgan fingerprint density at radius 2 is 1.51 bits per heavy atom. The summed E-state index contributed by atoms with van der Waals surface area (Å²) in [6.07, 6.45) is -8.52. The number of nitrogens with one attached hydrogen (secondary N) is 8. The van der Waals surface area contributed by atoms with E-state index in [4.69, 9.17) is 46.3 Å². The third-order valence-corrected chi connectivity index (χ3v) is 14.3. The number of hydrogen-bond acceptors (Lipinski definition) is 23. The second-order valence-corrected chi connectivity index (χ2v) is 21.2. The van der Waals surface area contributed by atoms with Crippen LogP contribution in [0.25, 0.3) is 0 Å². The highest BCUT2D eigenvalue weighted by atomic mass is 16.7. The van der Waals surface area contributed by atoms with Gasteiger partial charge in [0.2, 0.25) is 17.8 Å². The fourth-order valence-corrected chi connectivity index (χ4v) is 9.70. The number of amides is 4. The summed E-state index contributed by atoms with van der Waals surface area (Å²) in [5.74, 6) is -7.13. The zero-order valence-corrected chi connectivity index (χ0v) is 47.3. The number of aliphatic hydroxyl groups excluding tert-OH is 3. The Morgan fingerprint density at radius 3 is 2.08 bits per heavy atom. The Hall–Kier alpha value is -6.56. The molecule has 15 atom stereocenters. The maximum absolute atomic E-state index is 14.5. The van der Waals surface area contributed by atoms with E-state index in [9.17, 15) is 69.1 Å². The van der Waals surface area contributed by atoms with E-state index < -0.39 is 156 Å². The molecule has 3 aliphatic rings. The molecule has 0 spiro atoms. The van der Waals surface area contributed by atoms with Crippen LogP contribution in [0, 0.1) is 17.2 Å². The fraction of sp³-hybridized carbons (Fsp3) is 0.760. The van der Waals surface area contributed by atoms with Crippen LogP contribution in [0.4, 0.5) is 4.79 Å². The van der Waals surface area contributed by atoms with E-state index >= 15 is 0 Å². The van der Waals surface area contributed by atoms with Crippen LogP contribution >= 0.6 is 0 Å². The van der Waals surface area contributed by atoms with Gasteiger partial charge in [-0.2, -0.15) is 0 Å². The molecule has 4 amide bonds. The van der Waals surface area contributed by atoms with Gasteiger partial charge in [-0.15, -0.1) is 0 Å². The monoisotopic (exact) mass is 1190 g/mol. The molecular weight excluding hydrogens is 1100 g/mol. The molecule has 10 unspecified atom stereocenters. The molecule has 83 heavy (non-hydrogen) atoms. The number of aromatic nitrogens is 2. The van der Waals surface area contributed by atoms with E-state index in [0.29, 0.717) is 24.3 Å². The minimum Gasteiger partial charge on any atom is -0.480 e. The van der Waals surface area contributed by atoms with Gasteiger partial charge < -0.3 is 98.3 Å². The van der Waals surface area contributed by atoms with E-state index in [2.05, 4.69) is 36.9 Å². The van der Waals surface area contributed by atoms with E-state index in [-0.39, 0.29) is 57.9 Å². The number of carboxylic acids is 2. The molecule has 3 aliphatic heterocycles. The quantitative estimate of drug-likeness (QED) is 0.0101. The van der Waals surface area contributed by atoms with Crippen molar-refractivity contribution < 1.29 is 83.2 Å². The van der Waals surface area contributed by atoms with Crippen LogP contribution in [-0.2, 0) is 47.7 Å². The van der Waals surface area contributed by atoms with Crippen molar-refractivity contribution in [2.45, 2.75) is 190 Å². The van der Waals surface area contributed by atoms with Crippen LogP contribution < -0.4 is 60.4 Å². The van der Waals surface area contributed by atoms with Crippen molar-refractivity contribution in [2.75, 3.05) is 39.8 Å². The normalized spacial score (nSPS) is 24.5. The number of urea groups is 1. The number of carboxylic acid groups (broad SMARTS) is 2. The Balaban J connectivity index is 1.55. The number of hydroxylamine groups is 2. The van der Waals surface area contributed by atoms with Gasteiger partial charge in [0.25, 0.3) is 5.56 Å². The summed E-state index contributed by atoms with van der Waals surface area (Å²) in [4.78, 5) is 112. The first kappa shape index (κ1) is 68.9. The molecule has 4 heterocycles. The predicted molar refractivity (Wildman–Crippen MR) is 292 cm³/mol. The first-order valence-electron chi connectivity index (χ1n) is 27.8. The van der Waals surface area contributed by atoms with Crippen LogP contribution in [0.3, 0.4) is 0 Å². The van der Waals surface area contributed by atoms with E-state index in [0.717, 1.165) is 48.9 Å². The minimum absolute atomic E-state index is 0.0407. The molecule has 1 aromatic rings. The Labute approximate surface area is 478 Å². The third-order valence-electron chi connectivity index (χ3n) is 14.3. The summed E-state index contributed by atoms with van der Waals surface area (Å²) in [6, 6.07) is -7.41. The molecule has 0 saturated carbocycles. The number of nitrogens with zero attached hydrogens (tertiary/aromatic N) is 3. The lowest BCUT2D eigenvalue weighted by molar-refractivity contribution is -0.231. The average Bonchev–Trinajstić information content (AvgIpc) is 4.17. The highest BCUT2D eigenvalue weighted by Crippen LogP contribution is 2.35. The second-order valence-electron chi connectivity index (χ2n) is 21.2. The lowest BCUT2D eigenvalue weighted by atomic mass is 9.96. The molecule has 20 N–H and O–H groups in total. The largest absolute Gasteiger partial charge is 0.480 e. The zero-order valence-electron chi connectivity index (χ0n) is 47.3. The average molecular weight is 1190 g/mol. The molecule has 0 aromatic carbocycles. The molecule has 0 bridgehead atoms. The van der Waals surface area contributed by atoms with Crippen molar-refractivity contribution in [3.05, 3.63) is 33.1 Å². The molecular formula is C50H86N14O19. The van der Waals surface area contributed by atoms with Crippen molar-refractivity contribution in [1.29, 1.82) is 5.41 Å². The summed E-state index contributed by atoms with van der Waals surface area (Å²) in [5.41, 5.74) is 15.2. The lowest BCUT2D eigenvalue weighted by Gasteiger charge is -2.34. The number of methoxy groups -OCH3 is 1. The summed E-state index contributed by atoms with van der Waals surface area (Å²) in [6.45, 7) is 6.10. The van der Waals surface area contributed by atoms with E-state index in [1.54, 1.807) is 27.7 Å². The number of aliphatic hydroxyl groups is 3. The molecule has 0 aliphatic carbocycles. The summed E-state index contributed by atoms with van der Waals surface area (Å²) in [7, 11) is 1.22. The number of guanidine groups is 2. The molecule has 2 fully saturated rings. The first-order chi connectivity index (χ1) is 39.3. The number of rotatable bonds is 35. The predicted octanol–water partition coefficient (Wildman–Crippen LogP) is -4.25. The number of esters is 1. The first-order valence-corrected chi connectivity index (χ1v) is 27.8. The van der Waals surface area contributed by atoms with E-state index in [1.807, 2.05) is 4.98 Å².